The first kappa shape index (κ1) is 15.3. The number of carbonyl (C=O) groups is 2. The van der Waals surface area contributed by atoms with Gasteiger partial charge in [0.1, 0.15) is 0 Å². The lowest BCUT2D eigenvalue weighted by atomic mass is 10.1. The number of hydrogen-bond acceptors (Lipinski definition) is 3. The Hall–Kier alpha value is -3.59. The van der Waals surface area contributed by atoms with Crippen LogP contribution >= 0.6 is 0 Å². The third kappa shape index (κ3) is 3.25. The van der Waals surface area contributed by atoms with E-state index >= 15 is 0 Å². The van der Waals surface area contributed by atoms with E-state index in [9.17, 15) is 9.59 Å². The lowest BCUT2D eigenvalue weighted by molar-refractivity contribution is -0.121. The number of rotatable bonds is 3. The van der Waals surface area contributed by atoms with Crippen LogP contribution in [0, 0.1) is 11.3 Å². The lowest BCUT2D eigenvalue weighted by Gasteiger charge is -2.07. The average Bonchev–Trinajstić information content (AvgIpc) is 3.03. The van der Waals surface area contributed by atoms with E-state index in [0.29, 0.717) is 11.1 Å². The minimum Gasteiger partial charge on any atom is -0.361 e. The number of hydrogen-bond donors (Lipinski definition) is 3. The van der Waals surface area contributed by atoms with E-state index in [-0.39, 0.29) is 12.3 Å². The van der Waals surface area contributed by atoms with E-state index in [1.165, 1.54) is 12.1 Å². The van der Waals surface area contributed by atoms with Gasteiger partial charge in [-0.25, -0.2) is 0 Å². The van der Waals surface area contributed by atoms with Gasteiger partial charge in [0, 0.05) is 22.7 Å². The molecule has 1 heterocycles. The second-order valence-electron chi connectivity index (χ2n) is 5.23. The molecule has 118 valence electrons. The van der Waals surface area contributed by atoms with Crippen molar-refractivity contribution in [2.75, 3.05) is 0 Å². The highest BCUT2D eigenvalue weighted by Gasteiger charge is 2.10. The zero-order valence-electron chi connectivity index (χ0n) is 12.7. The molecule has 2 amide bonds. The molecule has 0 radical (unpaired) electrons. The first-order valence-corrected chi connectivity index (χ1v) is 7.32. The molecule has 24 heavy (non-hydrogen) atoms. The quantitative estimate of drug-likeness (QED) is 0.645. The van der Waals surface area contributed by atoms with E-state index in [0.717, 1.165) is 16.5 Å². The van der Waals surface area contributed by atoms with Gasteiger partial charge in [-0.3, -0.25) is 20.4 Å². The van der Waals surface area contributed by atoms with Gasteiger partial charge in [-0.1, -0.05) is 18.2 Å². The number of para-hydroxylation sites is 1. The van der Waals surface area contributed by atoms with Gasteiger partial charge in [0.15, 0.2) is 0 Å². The van der Waals surface area contributed by atoms with Crippen LogP contribution in [0.1, 0.15) is 21.5 Å². The molecule has 0 aliphatic carbocycles. The summed E-state index contributed by atoms with van der Waals surface area (Å²) in [6.45, 7) is 0. The maximum Gasteiger partial charge on any atom is 0.269 e. The Labute approximate surface area is 138 Å². The van der Waals surface area contributed by atoms with Crippen LogP contribution < -0.4 is 10.9 Å². The molecule has 0 fully saturated rings. The Kier molecular flexibility index (Phi) is 4.25. The second-order valence-corrected chi connectivity index (χ2v) is 5.23. The Balaban J connectivity index is 1.59. The summed E-state index contributed by atoms with van der Waals surface area (Å²) in [5.41, 5.74) is 7.41. The smallest absolute Gasteiger partial charge is 0.269 e. The van der Waals surface area contributed by atoms with Gasteiger partial charge in [0.05, 0.1) is 18.1 Å². The standard InChI is InChI=1S/C18H14N4O2/c19-10-12-5-7-13(8-6-12)18(24)22-21-17(23)9-14-11-20-16-4-2-1-3-15(14)16/h1-8,11,20H,9H2,(H,21,23)(H,22,24). The molecule has 1 aromatic heterocycles. The molecule has 0 aliphatic rings. The van der Waals surface area contributed by atoms with E-state index in [1.807, 2.05) is 30.3 Å². The Bertz CT molecular complexity index is 936. The predicted octanol–water partition coefficient (Wildman–Crippen LogP) is 2.04. The van der Waals surface area contributed by atoms with Crippen LogP contribution in [0.5, 0.6) is 0 Å². The molecule has 6 nitrogen and oxygen atoms in total. The Morgan fingerprint density at radius 1 is 1.04 bits per heavy atom. The van der Waals surface area contributed by atoms with Crippen molar-refractivity contribution in [3.05, 3.63) is 71.4 Å². The van der Waals surface area contributed by atoms with Gasteiger partial charge in [0.2, 0.25) is 5.91 Å². The largest absolute Gasteiger partial charge is 0.361 e. The molecule has 0 unspecified atom stereocenters. The van der Waals surface area contributed by atoms with E-state index in [1.54, 1.807) is 18.3 Å². The summed E-state index contributed by atoms with van der Waals surface area (Å²) < 4.78 is 0. The average molecular weight is 318 g/mol. The van der Waals surface area contributed by atoms with Crippen molar-refractivity contribution >= 4 is 22.7 Å². The van der Waals surface area contributed by atoms with Crippen LogP contribution in [-0.4, -0.2) is 16.8 Å². The second kappa shape index (κ2) is 6.67. The zero-order chi connectivity index (χ0) is 16.9. The number of nitriles is 1. The minimum atomic E-state index is -0.438. The molecule has 0 spiro atoms. The molecular weight excluding hydrogens is 304 g/mol. The number of nitrogens with zero attached hydrogens (tertiary/aromatic N) is 1. The van der Waals surface area contributed by atoms with Crippen molar-refractivity contribution in [3.8, 4) is 6.07 Å². The highest BCUT2D eigenvalue weighted by Crippen LogP contribution is 2.17. The number of aromatic nitrogens is 1. The highest BCUT2D eigenvalue weighted by molar-refractivity contribution is 5.96. The number of carbonyl (C=O) groups excluding carboxylic acids is 2. The number of aromatic amines is 1. The van der Waals surface area contributed by atoms with Crippen LogP contribution in [0.25, 0.3) is 10.9 Å². The third-order valence-electron chi connectivity index (χ3n) is 3.62. The van der Waals surface area contributed by atoms with Crippen LogP contribution in [0.4, 0.5) is 0 Å². The summed E-state index contributed by atoms with van der Waals surface area (Å²) in [5.74, 6) is -0.756. The summed E-state index contributed by atoms with van der Waals surface area (Å²) in [6, 6.07) is 15.8. The van der Waals surface area contributed by atoms with Gasteiger partial charge in [-0.2, -0.15) is 5.26 Å². The van der Waals surface area contributed by atoms with Crippen LogP contribution in [0.2, 0.25) is 0 Å². The van der Waals surface area contributed by atoms with E-state index in [2.05, 4.69) is 15.8 Å². The number of nitrogens with one attached hydrogen (secondary N) is 3. The van der Waals surface area contributed by atoms with Crippen molar-refractivity contribution < 1.29 is 9.59 Å². The summed E-state index contributed by atoms with van der Waals surface area (Å²) in [4.78, 5) is 27.1. The Morgan fingerprint density at radius 3 is 2.54 bits per heavy atom. The van der Waals surface area contributed by atoms with Gasteiger partial charge in [-0.15, -0.1) is 0 Å². The summed E-state index contributed by atoms with van der Waals surface area (Å²) in [5, 5.41) is 9.71. The number of H-pyrrole nitrogens is 1. The van der Waals surface area contributed by atoms with Crippen molar-refractivity contribution in [1.82, 2.24) is 15.8 Å². The fourth-order valence-corrected chi connectivity index (χ4v) is 2.39. The normalized spacial score (nSPS) is 10.1. The Morgan fingerprint density at radius 2 is 1.79 bits per heavy atom. The van der Waals surface area contributed by atoms with Crippen molar-refractivity contribution in [1.29, 1.82) is 5.26 Å². The monoisotopic (exact) mass is 318 g/mol. The molecule has 3 rings (SSSR count). The molecule has 3 aromatic rings. The lowest BCUT2D eigenvalue weighted by Crippen LogP contribution is -2.42. The number of fused-ring (bicyclic) bond motifs is 1. The van der Waals surface area contributed by atoms with Gasteiger partial charge in [0.25, 0.3) is 5.91 Å². The maximum atomic E-state index is 12.0. The molecule has 0 saturated carbocycles. The summed E-state index contributed by atoms with van der Waals surface area (Å²) in [7, 11) is 0. The molecule has 0 aliphatic heterocycles. The molecule has 0 bridgehead atoms. The van der Waals surface area contributed by atoms with Crippen molar-refractivity contribution in [3.63, 3.8) is 0 Å². The summed E-state index contributed by atoms with van der Waals surface area (Å²) in [6.07, 6.45) is 1.93. The molecule has 0 atom stereocenters. The fraction of sp³-hybridized carbons (Fsp3) is 0.0556. The topological polar surface area (TPSA) is 97.8 Å². The summed E-state index contributed by atoms with van der Waals surface area (Å²) >= 11 is 0. The number of benzene rings is 2. The van der Waals surface area contributed by atoms with Crippen molar-refractivity contribution in [2.45, 2.75) is 6.42 Å². The third-order valence-corrected chi connectivity index (χ3v) is 3.62. The van der Waals surface area contributed by atoms with Crippen LogP contribution in [-0.2, 0) is 11.2 Å². The van der Waals surface area contributed by atoms with Crippen molar-refractivity contribution in [2.24, 2.45) is 0 Å². The number of hydrazine groups is 1. The van der Waals surface area contributed by atoms with Crippen LogP contribution in [0.15, 0.2) is 54.7 Å². The SMILES string of the molecule is N#Cc1ccc(C(=O)NNC(=O)Cc2c[nH]c3ccccc23)cc1. The first-order chi connectivity index (χ1) is 11.7. The molecule has 3 N–H and O–H groups in total. The van der Waals surface area contributed by atoms with Gasteiger partial charge in [-0.05, 0) is 35.9 Å². The van der Waals surface area contributed by atoms with E-state index in [4.69, 9.17) is 5.26 Å². The molecule has 6 heteroatoms. The first-order valence-electron chi connectivity index (χ1n) is 7.32. The maximum absolute atomic E-state index is 12.0. The highest BCUT2D eigenvalue weighted by atomic mass is 16.2. The molecule has 2 aromatic carbocycles. The van der Waals surface area contributed by atoms with Gasteiger partial charge >= 0.3 is 0 Å². The minimum absolute atomic E-state index is 0.150. The van der Waals surface area contributed by atoms with Crippen LogP contribution in [0.3, 0.4) is 0 Å². The number of amides is 2. The zero-order valence-corrected chi connectivity index (χ0v) is 12.7. The molecular formula is C18H14N4O2. The predicted molar refractivity (Wildman–Crippen MR) is 88.8 cm³/mol. The fourth-order valence-electron chi connectivity index (χ4n) is 2.39. The molecule has 0 saturated heterocycles. The van der Waals surface area contributed by atoms with Gasteiger partial charge < -0.3 is 4.98 Å². The van der Waals surface area contributed by atoms with E-state index < -0.39 is 5.91 Å².